The molecule has 0 saturated carbocycles. The van der Waals surface area contributed by atoms with Crippen LogP contribution in [-0.4, -0.2) is 0 Å². The van der Waals surface area contributed by atoms with Crippen LogP contribution in [-0.2, 0) is 5.41 Å². The normalized spacial score (nSPS) is 13.5. The molecule has 7 rings (SSSR count). The van der Waals surface area contributed by atoms with Crippen LogP contribution < -0.4 is 10.6 Å². The van der Waals surface area contributed by atoms with E-state index in [4.69, 9.17) is 5.73 Å². The van der Waals surface area contributed by atoms with Crippen LogP contribution in [0.25, 0.3) is 38.7 Å². The van der Waals surface area contributed by atoms with Crippen LogP contribution in [0, 0.1) is 0 Å². The van der Waals surface area contributed by atoms with Gasteiger partial charge in [-0.15, -0.1) is 12.6 Å². The summed E-state index contributed by atoms with van der Waals surface area (Å²) < 4.78 is 0. The summed E-state index contributed by atoms with van der Waals surface area (Å²) in [5.41, 5.74) is 17.0. The van der Waals surface area contributed by atoms with E-state index in [-0.39, 0.29) is 5.41 Å². The topological polar surface area (TPSA) is 29.3 Å². The number of nitrogen functional groups attached to an aromatic ring is 1. The molecule has 2 nitrogen and oxygen atoms in total. The van der Waals surface area contributed by atoms with Crippen molar-refractivity contribution in [3.8, 4) is 11.1 Å². The van der Waals surface area contributed by atoms with Gasteiger partial charge in [-0.05, 0) is 92.9 Å². The van der Waals surface area contributed by atoms with Crippen molar-refractivity contribution in [1.82, 2.24) is 0 Å². The molecule has 1 aliphatic carbocycles. The molecule has 0 heterocycles. The van der Waals surface area contributed by atoms with Crippen LogP contribution in [0.15, 0.2) is 145 Å². The number of nitrogens with two attached hydrogens (primary N) is 1. The lowest BCUT2D eigenvalue weighted by Crippen LogP contribution is -2.16. The van der Waals surface area contributed by atoms with Gasteiger partial charge in [0.05, 0.1) is 5.69 Å². The number of hydrogen-bond acceptors (Lipinski definition) is 3. The minimum Gasteiger partial charge on any atom is -0.397 e. The molecule has 6 aromatic rings. The van der Waals surface area contributed by atoms with E-state index >= 15 is 0 Å². The second-order valence-electron chi connectivity index (χ2n) is 12.2. The summed E-state index contributed by atoms with van der Waals surface area (Å²) in [6, 6.07) is 39.6. The first kappa shape index (κ1) is 28.8. The Kier molecular flexibility index (Phi) is 7.35. The van der Waals surface area contributed by atoms with Crippen molar-refractivity contribution in [2.45, 2.75) is 30.6 Å². The minimum atomic E-state index is -0.0906. The van der Waals surface area contributed by atoms with Gasteiger partial charge in [0.1, 0.15) is 0 Å². The minimum absolute atomic E-state index is 0.0906. The van der Waals surface area contributed by atoms with Gasteiger partial charge in [-0.1, -0.05) is 118 Å². The Morgan fingerprint density at radius 1 is 0.733 bits per heavy atom. The first-order valence-corrected chi connectivity index (χ1v) is 15.8. The highest BCUT2D eigenvalue weighted by atomic mass is 32.1. The zero-order valence-corrected chi connectivity index (χ0v) is 26.6. The average molecular weight is 601 g/mol. The third-order valence-electron chi connectivity index (χ3n) is 9.09. The van der Waals surface area contributed by atoms with Crippen molar-refractivity contribution >= 4 is 63.0 Å². The highest BCUT2D eigenvalue weighted by Gasteiger charge is 2.35. The molecule has 0 spiro atoms. The van der Waals surface area contributed by atoms with Crippen molar-refractivity contribution in [1.29, 1.82) is 0 Å². The number of rotatable bonds is 7. The predicted octanol–water partition coefficient (Wildman–Crippen LogP) is 11.8. The quantitative estimate of drug-likeness (QED) is 0.0826. The molecule has 0 atom stereocenters. The summed E-state index contributed by atoms with van der Waals surface area (Å²) in [5.74, 6) is 0. The summed E-state index contributed by atoms with van der Waals surface area (Å²) in [5, 5.41) is 4.43. The van der Waals surface area contributed by atoms with Crippen molar-refractivity contribution in [2.75, 3.05) is 10.6 Å². The Morgan fingerprint density at radius 3 is 2.24 bits per heavy atom. The van der Waals surface area contributed by atoms with Gasteiger partial charge in [-0.3, -0.25) is 0 Å². The van der Waals surface area contributed by atoms with Crippen LogP contribution in [0.4, 0.5) is 22.7 Å². The van der Waals surface area contributed by atoms with E-state index in [1.165, 1.54) is 27.8 Å². The van der Waals surface area contributed by atoms with Crippen LogP contribution in [0.5, 0.6) is 0 Å². The Labute approximate surface area is 271 Å². The van der Waals surface area contributed by atoms with Gasteiger partial charge < -0.3 is 10.6 Å². The van der Waals surface area contributed by atoms with Gasteiger partial charge in [0.15, 0.2) is 0 Å². The fourth-order valence-corrected chi connectivity index (χ4v) is 6.96. The van der Waals surface area contributed by atoms with E-state index < -0.39 is 0 Å². The first-order valence-electron chi connectivity index (χ1n) is 15.4. The second kappa shape index (κ2) is 11.5. The zero-order chi connectivity index (χ0) is 31.1. The molecule has 1 aliphatic rings. The standard InChI is InChI=1S/C42H36N2S/c1-4-5-6-7-8-11-28-14-19-31(20-15-28)44(33-22-24-36-35-12-9-10-13-37(35)42(2,3)38(36)27-33)32-21-23-34-30(26-32)17-16-29-18-25-39(45)41(43)40(29)34/h4-6,8-27,45H,1,7,43H2,2-3H3/b6-5-,11-8?. The number of allylic oxidation sites excluding steroid dienone is 4. The van der Waals surface area contributed by atoms with E-state index in [1.807, 2.05) is 12.1 Å². The molecule has 6 aromatic carbocycles. The second-order valence-corrected chi connectivity index (χ2v) is 12.7. The third-order valence-corrected chi connectivity index (χ3v) is 9.48. The molecule has 0 saturated heterocycles. The van der Waals surface area contributed by atoms with Gasteiger partial charge >= 0.3 is 0 Å². The maximum absolute atomic E-state index is 6.55. The van der Waals surface area contributed by atoms with Crippen molar-refractivity contribution in [3.63, 3.8) is 0 Å². The van der Waals surface area contributed by atoms with Crippen molar-refractivity contribution < 1.29 is 0 Å². The number of anilines is 4. The molecule has 0 unspecified atom stereocenters. The maximum atomic E-state index is 6.55. The van der Waals surface area contributed by atoms with Crippen LogP contribution in [0.2, 0.25) is 0 Å². The van der Waals surface area contributed by atoms with E-state index in [2.05, 4.69) is 159 Å². The molecule has 45 heavy (non-hydrogen) atoms. The van der Waals surface area contributed by atoms with Gasteiger partial charge in [0.25, 0.3) is 0 Å². The third kappa shape index (κ3) is 5.04. The Hall–Kier alpha value is -4.99. The van der Waals surface area contributed by atoms with Crippen molar-refractivity contribution in [3.05, 3.63) is 157 Å². The van der Waals surface area contributed by atoms with E-state index in [1.54, 1.807) is 6.08 Å². The van der Waals surface area contributed by atoms with Crippen LogP contribution in [0.3, 0.4) is 0 Å². The monoisotopic (exact) mass is 600 g/mol. The molecule has 0 aromatic heterocycles. The Balaban J connectivity index is 1.36. The molecule has 3 heteroatoms. The summed E-state index contributed by atoms with van der Waals surface area (Å²) >= 11 is 4.61. The van der Waals surface area contributed by atoms with Crippen LogP contribution in [0.1, 0.15) is 37.0 Å². The van der Waals surface area contributed by atoms with Gasteiger partial charge in [-0.25, -0.2) is 0 Å². The summed E-state index contributed by atoms with van der Waals surface area (Å²) in [4.78, 5) is 3.16. The van der Waals surface area contributed by atoms with Crippen molar-refractivity contribution in [2.24, 2.45) is 0 Å². The lowest BCUT2D eigenvalue weighted by Gasteiger charge is -2.28. The molecule has 0 radical (unpaired) electrons. The molecule has 0 aliphatic heterocycles. The van der Waals surface area contributed by atoms with Crippen LogP contribution >= 0.6 is 12.6 Å². The summed E-state index contributed by atoms with van der Waals surface area (Å²) in [6.45, 7) is 8.41. The van der Waals surface area contributed by atoms with Gasteiger partial charge in [-0.2, -0.15) is 0 Å². The lowest BCUT2D eigenvalue weighted by atomic mass is 9.82. The predicted molar refractivity (Wildman–Crippen MR) is 198 cm³/mol. The Bertz CT molecular complexity index is 2150. The highest BCUT2D eigenvalue weighted by Crippen LogP contribution is 2.50. The molecular weight excluding hydrogens is 565 g/mol. The summed E-state index contributed by atoms with van der Waals surface area (Å²) in [7, 11) is 0. The highest BCUT2D eigenvalue weighted by molar-refractivity contribution is 7.80. The number of thiol groups is 1. The number of hydrogen-bond donors (Lipinski definition) is 2. The largest absolute Gasteiger partial charge is 0.397 e. The lowest BCUT2D eigenvalue weighted by molar-refractivity contribution is 0.660. The fourth-order valence-electron chi connectivity index (χ4n) is 6.77. The van der Waals surface area contributed by atoms with Gasteiger partial charge in [0.2, 0.25) is 0 Å². The number of benzene rings is 6. The molecule has 2 N–H and O–H groups in total. The SMILES string of the molecule is C=C/C=C\CC=Cc1ccc(N(c2ccc3c(c2)C(C)(C)c2ccccc2-3)c2ccc3c(ccc4ccc(S)c(N)c43)c2)cc1. The van der Waals surface area contributed by atoms with E-state index in [0.29, 0.717) is 0 Å². The summed E-state index contributed by atoms with van der Waals surface area (Å²) in [6.07, 6.45) is 11.1. The Morgan fingerprint density at radius 2 is 1.42 bits per heavy atom. The van der Waals surface area contributed by atoms with E-state index in [0.717, 1.165) is 55.6 Å². The molecule has 0 bridgehead atoms. The maximum Gasteiger partial charge on any atom is 0.0535 e. The molecule has 220 valence electrons. The average Bonchev–Trinajstić information content (AvgIpc) is 3.29. The zero-order valence-electron chi connectivity index (χ0n) is 25.7. The van der Waals surface area contributed by atoms with E-state index in [9.17, 15) is 0 Å². The fraction of sp³-hybridized carbons (Fsp3) is 0.0952. The first-order chi connectivity index (χ1) is 21.9. The molecule has 0 fully saturated rings. The number of nitrogens with zero attached hydrogens (tertiary/aromatic N) is 1. The van der Waals surface area contributed by atoms with Gasteiger partial charge in [0, 0.05) is 32.8 Å². The molecule has 0 amide bonds. The smallest absolute Gasteiger partial charge is 0.0535 e. The number of fused-ring (bicyclic) bond motifs is 6. The molecular formula is C42H36N2S.